The third-order valence-electron chi connectivity index (χ3n) is 12.0. The van der Waals surface area contributed by atoms with Gasteiger partial charge in [-0.25, -0.2) is 9.55 Å². The van der Waals surface area contributed by atoms with Crippen molar-refractivity contribution in [3.63, 3.8) is 0 Å². The quantitative estimate of drug-likeness (QED) is 0.180. The number of para-hydroxylation sites is 2. The van der Waals surface area contributed by atoms with Crippen molar-refractivity contribution in [2.75, 3.05) is 0 Å². The van der Waals surface area contributed by atoms with Crippen molar-refractivity contribution in [1.29, 1.82) is 0 Å². The van der Waals surface area contributed by atoms with Crippen molar-refractivity contribution in [2.45, 2.75) is 5.41 Å². The van der Waals surface area contributed by atoms with Gasteiger partial charge < -0.3 is 0 Å². The number of pyridine rings is 1. The molecule has 0 saturated carbocycles. The van der Waals surface area contributed by atoms with Gasteiger partial charge >= 0.3 is 0 Å². The summed E-state index contributed by atoms with van der Waals surface area (Å²) < 4.78 is 3.47. The van der Waals surface area contributed by atoms with E-state index in [4.69, 9.17) is 4.98 Å². The van der Waals surface area contributed by atoms with E-state index < -0.39 is 5.41 Å². The summed E-state index contributed by atoms with van der Waals surface area (Å²) in [7, 11) is 0. The summed E-state index contributed by atoms with van der Waals surface area (Å²) in [5.41, 5.74) is 11.0. The molecule has 0 saturated heterocycles. The van der Waals surface area contributed by atoms with Gasteiger partial charge in [0.05, 0.1) is 22.0 Å². The highest BCUT2D eigenvalue weighted by Gasteiger charge is 2.51. The minimum atomic E-state index is -0.607. The topological polar surface area (TPSA) is 56.9 Å². The summed E-state index contributed by atoms with van der Waals surface area (Å²) in [6.07, 6.45) is 1.81. The zero-order chi connectivity index (χ0) is 36.4. The monoisotopic (exact) mass is 703 g/mol. The Morgan fingerprint density at radius 3 is 1.51 bits per heavy atom. The predicted molar refractivity (Wildman–Crippen MR) is 222 cm³/mol. The largest absolute Gasteiger partial charge is 0.294 e. The standard InChI is InChI=1S/C50H29N3O2/c54-48-40-27-38-34-20-9-12-24-44(34)50(42-22-10-7-18-32(42)33-19-8-11-23-43(33)50)45(38)28-37(40)36-26-39-35-21-13-25-51-47(35)52(30-14-3-1-4-15-30)46(39)29-41(36)49(55)53(48)31-16-5-2-6-17-31/h1-29H. The molecule has 5 nitrogen and oxygen atoms in total. The zero-order valence-corrected chi connectivity index (χ0v) is 29.4. The highest BCUT2D eigenvalue weighted by molar-refractivity contribution is 6.18. The second kappa shape index (κ2) is 10.8. The molecule has 0 unspecified atom stereocenters. The molecular weight excluding hydrogens is 675 g/mol. The van der Waals surface area contributed by atoms with Gasteiger partial charge in [-0.3, -0.25) is 14.2 Å². The lowest BCUT2D eigenvalue weighted by Crippen LogP contribution is -2.28. The molecule has 3 heterocycles. The molecular formula is C50H29N3O2. The van der Waals surface area contributed by atoms with Gasteiger partial charge in [-0.2, -0.15) is 0 Å². The number of aromatic nitrogens is 3. The van der Waals surface area contributed by atoms with Gasteiger partial charge in [0, 0.05) is 28.0 Å². The average Bonchev–Trinajstić information content (AvgIpc) is 3.82. The van der Waals surface area contributed by atoms with Crippen molar-refractivity contribution in [2.24, 2.45) is 0 Å². The van der Waals surface area contributed by atoms with Gasteiger partial charge in [-0.15, -0.1) is 0 Å². The first kappa shape index (κ1) is 30.1. The van der Waals surface area contributed by atoms with Gasteiger partial charge in [0.1, 0.15) is 5.65 Å². The predicted octanol–water partition coefficient (Wildman–Crippen LogP) is 10.3. The molecule has 1 spiro atoms. The second-order valence-corrected chi connectivity index (χ2v) is 14.6. The molecule has 10 aromatic rings. The summed E-state index contributed by atoms with van der Waals surface area (Å²) in [4.78, 5) is 35.1. The van der Waals surface area contributed by atoms with E-state index in [-0.39, 0.29) is 11.1 Å². The summed E-state index contributed by atoms with van der Waals surface area (Å²) in [6.45, 7) is 0. The normalized spacial score (nSPS) is 13.4. The van der Waals surface area contributed by atoms with Crippen LogP contribution in [-0.2, 0) is 5.41 Å². The molecule has 0 fully saturated rings. The number of hydrogen-bond donors (Lipinski definition) is 0. The highest BCUT2D eigenvalue weighted by atomic mass is 16.2. The maximum Gasteiger partial charge on any atom is 0.266 e. The minimum Gasteiger partial charge on any atom is -0.294 e. The summed E-state index contributed by atoms with van der Waals surface area (Å²) in [5.74, 6) is 0. The Kier molecular flexibility index (Phi) is 5.94. The van der Waals surface area contributed by atoms with Gasteiger partial charge in [-0.1, -0.05) is 109 Å². The number of hydrogen-bond acceptors (Lipinski definition) is 3. The van der Waals surface area contributed by atoms with E-state index in [0.717, 1.165) is 55.1 Å². The molecule has 55 heavy (non-hydrogen) atoms. The van der Waals surface area contributed by atoms with Crippen LogP contribution in [0.25, 0.3) is 77.1 Å². The van der Waals surface area contributed by atoms with Crippen LogP contribution in [0.1, 0.15) is 22.3 Å². The lowest BCUT2D eigenvalue weighted by molar-refractivity contribution is 0.795. The van der Waals surface area contributed by atoms with Crippen molar-refractivity contribution in [1.82, 2.24) is 14.1 Å². The smallest absolute Gasteiger partial charge is 0.266 e. The first-order chi connectivity index (χ1) is 27.1. The molecule has 2 aliphatic carbocycles. The van der Waals surface area contributed by atoms with Crippen LogP contribution in [0.5, 0.6) is 0 Å². The van der Waals surface area contributed by atoms with Crippen molar-refractivity contribution < 1.29 is 0 Å². The lowest BCUT2D eigenvalue weighted by Gasteiger charge is -2.30. The molecule has 12 rings (SSSR count). The molecule has 2 aliphatic rings. The number of nitrogens with zero attached hydrogens (tertiary/aromatic N) is 3. The molecule has 256 valence electrons. The Hall–Kier alpha value is -7.37. The van der Waals surface area contributed by atoms with Crippen LogP contribution in [0.2, 0.25) is 0 Å². The Morgan fingerprint density at radius 1 is 0.382 bits per heavy atom. The van der Waals surface area contributed by atoms with E-state index in [2.05, 4.69) is 102 Å². The maximum atomic E-state index is 15.2. The highest BCUT2D eigenvalue weighted by Crippen LogP contribution is 2.63. The summed E-state index contributed by atoms with van der Waals surface area (Å²) in [6, 6.07) is 57.8. The Morgan fingerprint density at radius 2 is 0.891 bits per heavy atom. The van der Waals surface area contributed by atoms with Crippen molar-refractivity contribution >= 4 is 43.5 Å². The van der Waals surface area contributed by atoms with E-state index >= 15 is 9.59 Å². The van der Waals surface area contributed by atoms with Crippen LogP contribution in [0.15, 0.2) is 186 Å². The molecule has 0 radical (unpaired) electrons. The van der Waals surface area contributed by atoms with Crippen LogP contribution >= 0.6 is 0 Å². The van der Waals surface area contributed by atoms with Crippen LogP contribution in [-0.4, -0.2) is 14.1 Å². The average molecular weight is 704 g/mol. The second-order valence-electron chi connectivity index (χ2n) is 14.6. The first-order valence-corrected chi connectivity index (χ1v) is 18.5. The molecule has 3 aromatic heterocycles. The van der Waals surface area contributed by atoms with Crippen molar-refractivity contribution in [3.8, 4) is 33.6 Å². The van der Waals surface area contributed by atoms with Crippen LogP contribution in [0.4, 0.5) is 0 Å². The number of rotatable bonds is 2. The van der Waals surface area contributed by atoms with Crippen molar-refractivity contribution in [3.05, 3.63) is 219 Å². The fourth-order valence-electron chi connectivity index (χ4n) is 9.81. The molecule has 7 aromatic carbocycles. The molecule has 0 bridgehead atoms. The third-order valence-corrected chi connectivity index (χ3v) is 12.0. The van der Waals surface area contributed by atoms with Gasteiger partial charge in [-0.05, 0) is 116 Å². The number of benzene rings is 7. The lowest BCUT2D eigenvalue weighted by atomic mass is 9.70. The van der Waals surface area contributed by atoms with E-state index in [1.54, 1.807) is 6.20 Å². The van der Waals surface area contributed by atoms with Gasteiger partial charge in [0.25, 0.3) is 11.1 Å². The van der Waals surface area contributed by atoms with Crippen LogP contribution in [0, 0.1) is 0 Å². The minimum absolute atomic E-state index is 0.349. The molecule has 0 N–H and O–H groups in total. The van der Waals surface area contributed by atoms with E-state index in [1.165, 1.54) is 32.4 Å². The fraction of sp³-hybridized carbons (Fsp3) is 0.0200. The summed E-state index contributed by atoms with van der Waals surface area (Å²) >= 11 is 0. The Balaban J connectivity index is 1.31. The molecule has 0 aliphatic heterocycles. The van der Waals surface area contributed by atoms with Gasteiger partial charge in [0.15, 0.2) is 0 Å². The molecule has 0 amide bonds. The molecule has 0 atom stereocenters. The van der Waals surface area contributed by atoms with Gasteiger partial charge in [0.2, 0.25) is 0 Å². The Labute approximate surface area is 314 Å². The summed E-state index contributed by atoms with van der Waals surface area (Å²) in [5, 5.41) is 4.35. The van der Waals surface area contributed by atoms with E-state index in [1.807, 2.05) is 72.8 Å². The SMILES string of the molecule is O=c1c2cc3c(cc2c2cc4c5cccnc5n(-c5ccccc5)c4cc2c(=O)n1-c1ccccc1)C1(c2ccccc2-c2ccccc21)c1ccccc1-3. The number of fused-ring (bicyclic) bond motifs is 16. The van der Waals surface area contributed by atoms with Crippen LogP contribution < -0.4 is 11.1 Å². The van der Waals surface area contributed by atoms with E-state index in [9.17, 15) is 0 Å². The van der Waals surface area contributed by atoms with Crippen LogP contribution in [0.3, 0.4) is 0 Å². The maximum absolute atomic E-state index is 15.2. The zero-order valence-electron chi connectivity index (χ0n) is 29.4. The Bertz CT molecular complexity index is 3370. The third kappa shape index (κ3) is 3.79. The van der Waals surface area contributed by atoms with E-state index in [0.29, 0.717) is 16.5 Å². The molecule has 5 heteroatoms. The first-order valence-electron chi connectivity index (χ1n) is 18.5. The fourth-order valence-corrected chi connectivity index (χ4v) is 9.81.